The van der Waals surface area contributed by atoms with Crippen LogP contribution in [0.5, 0.6) is 5.75 Å². The van der Waals surface area contributed by atoms with Gasteiger partial charge in [-0.15, -0.1) is 0 Å². The molecule has 1 aromatic heterocycles. The van der Waals surface area contributed by atoms with Crippen molar-refractivity contribution in [3.05, 3.63) is 60.0 Å². The van der Waals surface area contributed by atoms with E-state index in [2.05, 4.69) is 15.5 Å². The first-order valence-corrected chi connectivity index (χ1v) is 9.06. The zero-order valence-corrected chi connectivity index (χ0v) is 15.8. The van der Waals surface area contributed by atoms with Gasteiger partial charge in [-0.1, -0.05) is 29.4 Å². The van der Waals surface area contributed by atoms with Crippen LogP contribution in [-0.4, -0.2) is 41.3 Å². The summed E-state index contributed by atoms with van der Waals surface area (Å²) in [5, 5.41) is 6.29. The fourth-order valence-corrected chi connectivity index (χ4v) is 3.17. The van der Waals surface area contributed by atoms with Crippen molar-refractivity contribution in [2.24, 2.45) is 0 Å². The van der Waals surface area contributed by atoms with Crippen molar-refractivity contribution in [1.82, 2.24) is 15.0 Å². The van der Waals surface area contributed by atoms with Crippen molar-refractivity contribution in [2.45, 2.75) is 12.1 Å². The SMILES string of the molecule is COc1ccccc1-c1noc(C2CN(C(=O)Nc3ccccc3C(F)(F)F)C2)n1. The average Bonchev–Trinajstić information content (AvgIpc) is 3.16. The number of aromatic nitrogens is 2. The second-order valence-corrected chi connectivity index (χ2v) is 6.73. The van der Waals surface area contributed by atoms with Gasteiger partial charge in [-0.25, -0.2) is 4.79 Å². The zero-order valence-electron chi connectivity index (χ0n) is 15.8. The van der Waals surface area contributed by atoms with E-state index in [4.69, 9.17) is 9.26 Å². The van der Waals surface area contributed by atoms with Crippen LogP contribution in [-0.2, 0) is 6.18 Å². The van der Waals surface area contributed by atoms with Gasteiger partial charge in [-0.05, 0) is 24.3 Å². The van der Waals surface area contributed by atoms with Gasteiger partial charge >= 0.3 is 12.2 Å². The number of carbonyl (C=O) groups excluding carboxylic acids is 1. The second kappa shape index (κ2) is 7.69. The molecule has 10 heteroatoms. The van der Waals surface area contributed by atoms with E-state index >= 15 is 0 Å². The summed E-state index contributed by atoms with van der Waals surface area (Å²) in [5.74, 6) is 1.13. The van der Waals surface area contributed by atoms with Crippen LogP contribution in [0.2, 0.25) is 0 Å². The van der Waals surface area contributed by atoms with Gasteiger partial charge in [-0.2, -0.15) is 18.2 Å². The molecule has 30 heavy (non-hydrogen) atoms. The lowest BCUT2D eigenvalue weighted by Gasteiger charge is -2.37. The Balaban J connectivity index is 1.40. The number of halogens is 3. The number of para-hydroxylation sites is 2. The summed E-state index contributed by atoms with van der Waals surface area (Å²) in [6.07, 6.45) is -4.56. The van der Waals surface area contributed by atoms with E-state index in [1.54, 1.807) is 19.2 Å². The number of hydrogen-bond donors (Lipinski definition) is 1. The highest BCUT2D eigenvalue weighted by Gasteiger charge is 2.38. The summed E-state index contributed by atoms with van der Waals surface area (Å²) in [7, 11) is 1.54. The van der Waals surface area contributed by atoms with Crippen LogP contribution in [0, 0.1) is 0 Å². The lowest BCUT2D eigenvalue weighted by Crippen LogP contribution is -2.50. The quantitative estimate of drug-likeness (QED) is 0.680. The minimum absolute atomic E-state index is 0.190. The minimum Gasteiger partial charge on any atom is -0.496 e. The highest BCUT2D eigenvalue weighted by atomic mass is 19.4. The Morgan fingerprint density at radius 1 is 1.17 bits per heavy atom. The Morgan fingerprint density at radius 3 is 2.60 bits per heavy atom. The Hall–Kier alpha value is -3.56. The molecule has 7 nitrogen and oxygen atoms in total. The molecule has 0 spiro atoms. The van der Waals surface area contributed by atoms with E-state index < -0.39 is 17.8 Å². The molecule has 3 aromatic rings. The Morgan fingerprint density at radius 2 is 1.87 bits per heavy atom. The number of hydrogen-bond acceptors (Lipinski definition) is 5. The Bertz CT molecular complexity index is 1060. The fourth-order valence-electron chi connectivity index (χ4n) is 3.17. The number of carbonyl (C=O) groups is 1. The number of ether oxygens (including phenoxy) is 1. The summed E-state index contributed by atoms with van der Waals surface area (Å²) in [6, 6.07) is 11.4. The van der Waals surface area contributed by atoms with Gasteiger partial charge in [0.25, 0.3) is 0 Å². The first-order valence-electron chi connectivity index (χ1n) is 9.06. The third-order valence-electron chi connectivity index (χ3n) is 4.78. The molecule has 2 heterocycles. The molecule has 2 amide bonds. The smallest absolute Gasteiger partial charge is 0.418 e. The molecule has 1 saturated heterocycles. The number of alkyl halides is 3. The van der Waals surface area contributed by atoms with Crippen LogP contribution >= 0.6 is 0 Å². The van der Waals surface area contributed by atoms with E-state index in [1.165, 1.54) is 23.1 Å². The molecule has 1 aliphatic heterocycles. The zero-order chi connectivity index (χ0) is 21.3. The molecule has 1 N–H and O–H groups in total. The highest BCUT2D eigenvalue weighted by Crippen LogP contribution is 2.35. The number of methoxy groups -OCH3 is 1. The van der Waals surface area contributed by atoms with E-state index in [9.17, 15) is 18.0 Å². The highest BCUT2D eigenvalue weighted by molar-refractivity contribution is 5.91. The summed E-state index contributed by atoms with van der Waals surface area (Å²) in [5.41, 5.74) is -0.504. The fraction of sp³-hybridized carbons (Fsp3) is 0.250. The number of nitrogens with one attached hydrogen (secondary N) is 1. The molecule has 0 aliphatic carbocycles. The normalized spacial score (nSPS) is 14.3. The largest absolute Gasteiger partial charge is 0.496 e. The van der Waals surface area contributed by atoms with Crippen LogP contribution in [0.25, 0.3) is 11.4 Å². The molecular weight excluding hydrogens is 401 g/mol. The standard InChI is InChI=1S/C20H17F3N4O3/c1-29-16-9-5-2-6-13(16)17-25-18(30-26-17)12-10-27(11-12)19(28)24-15-8-4-3-7-14(15)20(21,22)23/h2-9,12H,10-11H2,1H3,(H,24,28). The first-order chi connectivity index (χ1) is 14.4. The molecule has 1 fully saturated rings. The maximum Gasteiger partial charge on any atom is 0.418 e. The first kappa shape index (κ1) is 19.7. The van der Waals surface area contributed by atoms with Gasteiger partial charge in [0.15, 0.2) is 0 Å². The molecule has 0 unspecified atom stereocenters. The van der Waals surface area contributed by atoms with Crippen molar-refractivity contribution < 1.29 is 27.2 Å². The number of amides is 2. The third-order valence-corrected chi connectivity index (χ3v) is 4.78. The van der Waals surface area contributed by atoms with Crippen LogP contribution < -0.4 is 10.1 Å². The van der Waals surface area contributed by atoms with Crippen LogP contribution in [0.4, 0.5) is 23.7 Å². The molecule has 2 aromatic carbocycles. The van der Waals surface area contributed by atoms with Gasteiger partial charge in [0.05, 0.1) is 29.8 Å². The van der Waals surface area contributed by atoms with E-state index in [0.29, 0.717) is 23.0 Å². The number of benzene rings is 2. The van der Waals surface area contributed by atoms with Crippen molar-refractivity contribution in [3.63, 3.8) is 0 Å². The summed E-state index contributed by atoms with van der Waals surface area (Å²) in [6.45, 7) is 0.515. The molecule has 0 bridgehead atoms. The molecule has 156 valence electrons. The average molecular weight is 418 g/mol. The topological polar surface area (TPSA) is 80.5 Å². The van der Waals surface area contributed by atoms with Crippen molar-refractivity contribution in [2.75, 3.05) is 25.5 Å². The van der Waals surface area contributed by atoms with Gasteiger partial charge < -0.3 is 19.5 Å². The van der Waals surface area contributed by atoms with Gasteiger partial charge in [0.1, 0.15) is 5.75 Å². The van der Waals surface area contributed by atoms with Crippen molar-refractivity contribution in [3.8, 4) is 17.1 Å². The number of urea groups is 1. The molecule has 4 rings (SSSR count). The molecular formula is C20H17F3N4O3. The summed E-state index contributed by atoms with van der Waals surface area (Å²) >= 11 is 0. The lowest BCUT2D eigenvalue weighted by molar-refractivity contribution is -0.136. The van der Waals surface area contributed by atoms with Crippen LogP contribution in [0.1, 0.15) is 17.4 Å². The van der Waals surface area contributed by atoms with Gasteiger partial charge in [-0.3, -0.25) is 0 Å². The Labute approximate surface area is 169 Å². The lowest BCUT2D eigenvalue weighted by atomic mass is 10.0. The third kappa shape index (κ3) is 3.80. The predicted octanol–water partition coefficient (Wildman–Crippen LogP) is 4.40. The van der Waals surface area contributed by atoms with Crippen molar-refractivity contribution >= 4 is 11.7 Å². The maximum absolute atomic E-state index is 13.1. The van der Waals surface area contributed by atoms with E-state index in [0.717, 1.165) is 6.07 Å². The second-order valence-electron chi connectivity index (χ2n) is 6.73. The van der Waals surface area contributed by atoms with Crippen molar-refractivity contribution in [1.29, 1.82) is 0 Å². The number of nitrogens with zero attached hydrogens (tertiary/aromatic N) is 3. The van der Waals surface area contributed by atoms with E-state index in [1.807, 2.05) is 12.1 Å². The van der Waals surface area contributed by atoms with E-state index in [-0.39, 0.29) is 24.7 Å². The molecule has 0 saturated carbocycles. The van der Waals surface area contributed by atoms with Crippen LogP contribution in [0.3, 0.4) is 0 Å². The molecule has 1 aliphatic rings. The van der Waals surface area contributed by atoms with Gasteiger partial charge in [0, 0.05) is 13.1 Å². The maximum atomic E-state index is 13.1. The summed E-state index contributed by atoms with van der Waals surface area (Å²) in [4.78, 5) is 18.1. The minimum atomic E-state index is -4.56. The number of anilines is 1. The molecule has 0 radical (unpaired) electrons. The summed E-state index contributed by atoms with van der Waals surface area (Å²) < 4.78 is 49.8. The predicted molar refractivity (Wildman–Crippen MR) is 101 cm³/mol. The Kier molecular flexibility index (Phi) is 5.06. The van der Waals surface area contributed by atoms with Crippen LogP contribution in [0.15, 0.2) is 53.1 Å². The van der Waals surface area contributed by atoms with Gasteiger partial charge in [0.2, 0.25) is 11.7 Å². The number of rotatable bonds is 4. The monoisotopic (exact) mass is 418 g/mol. The number of likely N-dealkylation sites (tertiary alicyclic amines) is 1. The molecule has 0 atom stereocenters.